The van der Waals surface area contributed by atoms with Crippen molar-refractivity contribution in [2.75, 3.05) is 7.11 Å². The van der Waals surface area contributed by atoms with Crippen molar-refractivity contribution in [1.29, 1.82) is 0 Å². The Kier molecular flexibility index (Phi) is 4.44. The number of amides is 1. The van der Waals surface area contributed by atoms with Gasteiger partial charge in [-0.1, -0.05) is 69.3 Å². The molecule has 2 saturated carbocycles. The summed E-state index contributed by atoms with van der Waals surface area (Å²) in [6, 6.07) is 19.0. The van der Waals surface area contributed by atoms with Crippen LogP contribution in [-0.4, -0.2) is 19.1 Å². The first-order chi connectivity index (χ1) is 14.4. The molecule has 0 radical (unpaired) electrons. The van der Waals surface area contributed by atoms with Crippen LogP contribution in [0.2, 0.25) is 0 Å². The fourth-order valence-corrected chi connectivity index (χ4v) is 6.36. The predicted octanol–water partition coefficient (Wildman–Crippen LogP) is 6.01. The van der Waals surface area contributed by atoms with E-state index >= 15 is 0 Å². The number of carbonyl (C=O) groups excluding carboxylic acids is 1. The van der Waals surface area contributed by atoms with Crippen molar-refractivity contribution in [3.8, 4) is 0 Å². The highest BCUT2D eigenvalue weighted by atomic mass is 16.5. The van der Waals surface area contributed by atoms with Crippen LogP contribution in [0, 0.1) is 16.7 Å². The SMILES string of the molecule is CO[C@@H](C(=O)N[C@H]1C[C@H]2CC[C@]1(C)C2(C)C)c1c2ccccc2cc2ccccc12. The Morgan fingerprint density at radius 2 is 1.63 bits per heavy atom. The summed E-state index contributed by atoms with van der Waals surface area (Å²) >= 11 is 0. The molecule has 2 aliphatic rings. The van der Waals surface area contributed by atoms with Gasteiger partial charge in [0.05, 0.1) is 0 Å². The van der Waals surface area contributed by atoms with Gasteiger partial charge in [0.2, 0.25) is 0 Å². The van der Waals surface area contributed by atoms with E-state index in [9.17, 15) is 4.79 Å². The molecule has 0 aromatic heterocycles. The van der Waals surface area contributed by atoms with Crippen LogP contribution in [0.25, 0.3) is 21.5 Å². The Labute approximate surface area is 178 Å². The van der Waals surface area contributed by atoms with Crippen molar-refractivity contribution >= 4 is 27.5 Å². The first kappa shape index (κ1) is 19.6. The molecule has 3 aromatic rings. The molecule has 2 fully saturated rings. The first-order valence-electron chi connectivity index (χ1n) is 11.1. The summed E-state index contributed by atoms with van der Waals surface area (Å²) in [5.74, 6) is 0.667. The summed E-state index contributed by atoms with van der Waals surface area (Å²) in [5.41, 5.74) is 1.38. The van der Waals surface area contributed by atoms with Gasteiger partial charge in [-0.2, -0.15) is 0 Å². The summed E-state index contributed by atoms with van der Waals surface area (Å²) < 4.78 is 5.88. The van der Waals surface area contributed by atoms with Gasteiger partial charge in [0, 0.05) is 18.7 Å². The number of methoxy groups -OCH3 is 1. The second kappa shape index (κ2) is 6.81. The normalized spacial score (nSPS) is 28.1. The van der Waals surface area contributed by atoms with Crippen LogP contribution in [0.3, 0.4) is 0 Å². The van der Waals surface area contributed by atoms with Crippen LogP contribution in [0.4, 0.5) is 0 Å². The maximum absolute atomic E-state index is 13.6. The van der Waals surface area contributed by atoms with Crippen molar-refractivity contribution in [2.45, 2.75) is 52.2 Å². The van der Waals surface area contributed by atoms with Crippen molar-refractivity contribution < 1.29 is 9.53 Å². The van der Waals surface area contributed by atoms with Crippen LogP contribution in [-0.2, 0) is 9.53 Å². The molecule has 0 saturated heterocycles. The highest BCUT2D eigenvalue weighted by molar-refractivity contribution is 6.05. The monoisotopic (exact) mass is 401 g/mol. The summed E-state index contributed by atoms with van der Waals surface area (Å²) in [7, 11) is 1.65. The average molecular weight is 402 g/mol. The zero-order chi connectivity index (χ0) is 21.1. The standard InChI is InChI=1S/C27H31NO2/c1-26(2)19-13-14-27(26,3)22(16-19)28-25(29)24(30-4)23-20-11-7-5-9-17(20)15-18-10-6-8-12-21(18)23/h5-12,15,19,22,24H,13-14,16H2,1-4H3,(H,28,29)/t19-,22+,24-,27+/m1/s1. The first-order valence-corrected chi connectivity index (χ1v) is 11.1. The number of ether oxygens (including phenoxy) is 1. The van der Waals surface area contributed by atoms with Gasteiger partial charge in [-0.05, 0) is 63.6 Å². The van der Waals surface area contributed by atoms with Gasteiger partial charge in [0.25, 0.3) is 5.91 Å². The average Bonchev–Trinajstić information content (AvgIpc) is 3.07. The fraction of sp³-hybridized carbons (Fsp3) is 0.444. The molecule has 3 heteroatoms. The molecule has 2 aliphatic carbocycles. The van der Waals surface area contributed by atoms with Gasteiger partial charge in [-0.3, -0.25) is 4.79 Å². The Balaban J connectivity index is 1.56. The molecule has 3 aromatic carbocycles. The van der Waals surface area contributed by atoms with Gasteiger partial charge in [-0.15, -0.1) is 0 Å². The van der Waals surface area contributed by atoms with Crippen molar-refractivity contribution in [1.82, 2.24) is 5.32 Å². The summed E-state index contributed by atoms with van der Waals surface area (Å²) in [5, 5.41) is 7.85. The van der Waals surface area contributed by atoms with E-state index in [0.29, 0.717) is 5.92 Å². The van der Waals surface area contributed by atoms with Gasteiger partial charge < -0.3 is 10.1 Å². The van der Waals surface area contributed by atoms with E-state index in [1.807, 2.05) is 24.3 Å². The van der Waals surface area contributed by atoms with Crippen LogP contribution in [0.5, 0.6) is 0 Å². The molecule has 0 unspecified atom stereocenters. The highest BCUT2D eigenvalue weighted by Gasteiger charge is 2.61. The van der Waals surface area contributed by atoms with Crippen LogP contribution < -0.4 is 5.32 Å². The topological polar surface area (TPSA) is 38.3 Å². The maximum Gasteiger partial charge on any atom is 0.254 e. The number of nitrogens with one attached hydrogen (secondary N) is 1. The molecule has 3 nitrogen and oxygen atoms in total. The third-order valence-corrected chi connectivity index (χ3v) is 8.66. The Hall–Kier alpha value is -2.39. The molecule has 0 aliphatic heterocycles. The molecular weight excluding hydrogens is 370 g/mol. The summed E-state index contributed by atoms with van der Waals surface area (Å²) in [6.45, 7) is 7.12. The Morgan fingerprint density at radius 1 is 1.03 bits per heavy atom. The lowest BCUT2D eigenvalue weighted by Crippen LogP contribution is -2.48. The van der Waals surface area contributed by atoms with Crippen LogP contribution in [0.1, 0.15) is 51.7 Å². The highest BCUT2D eigenvalue weighted by Crippen LogP contribution is 2.65. The molecule has 30 heavy (non-hydrogen) atoms. The molecule has 4 atom stereocenters. The van der Waals surface area contributed by atoms with Crippen molar-refractivity contribution in [3.05, 3.63) is 60.2 Å². The van der Waals surface area contributed by atoms with Gasteiger partial charge >= 0.3 is 0 Å². The van der Waals surface area contributed by atoms with Crippen molar-refractivity contribution in [2.24, 2.45) is 16.7 Å². The molecule has 5 rings (SSSR count). The molecule has 156 valence electrons. The minimum atomic E-state index is -0.633. The molecule has 0 spiro atoms. The quantitative estimate of drug-likeness (QED) is 0.544. The van der Waals surface area contributed by atoms with E-state index in [4.69, 9.17) is 4.74 Å². The molecule has 2 bridgehead atoms. The molecule has 0 heterocycles. The minimum Gasteiger partial charge on any atom is -0.367 e. The number of benzene rings is 3. The van der Waals surface area contributed by atoms with E-state index < -0.39 is 6.10 Å². The lowest BCUT2D eigenvalue weighted by molar-refractivity contribution is -0.133. The van der Waals surface area contributed by atoms with Gasteiger partial charge in [-0.25, -0.2) is 0 Å². The smallest absolute Gasteiger partial charge is 0.254 e. The summed E-state index contributed by atoms with van der Waals surface area (Å²) in [6.07, 6.45) is 2.90. The number of hydrogen-bond acceptors (Lipinski definition) is 2. The van der Waals surface area contributed by atoms with E-state index in [-0.39, 0.29) is 22.8 Å². The third kappa shape index (κ3) is 2.64. The summed E-state index contributed by atoms with van der Waals surface area (Å²) in [4.78, 5) is 13.6. The zero-order valence-corrected chi connectivity index (χ0v) is 18.4. The predicted molar refractivity (Wildman–Crippen MR) is 122 cm³/mol. The number of rotatable bonds is 4. The number of hydrogen-bond donors (Lipinski definition) is 1. The van der Waals surface area contributed by atoms with Gasteiger partial charge in [0.1, 0.15) is 0 Å². The van der Waals surface area contributed by atoms with E-state index in [0.717, 1.165) is 33.5 Å². The van der Waals surface area contributed by atoms with Crippen LogP contribution >= 0.6 is 0 Å². The number of carbonyl (C=O) groups is 1. The van der Waals surface area contributed by atoms with Gasteiger partial charge in [0.15, 0.2) is 6.10 Å². The molecule has 1 N–H and O–H groups in total. The Bertz CT molecular complexity index is 1080. The van der Waals surface area contributed by atoms with E-state index in [2.05, 4.69) is 56.4 Å². The molecular formula is C27H31NO2. The third-order valence-electron chi connectivity index (χ3n) is 8.66. The van der Waals surface area contributed by atoms with E-state index in [1.54, 1.807) is 7.11 Å². The molecule has 1 amide bonds. The lowest BCUT2D eigenvalue weighted by Gasteiger charge is -2.40. The Morgan fingerprint density at radius 3 is 2.13 bits per heavy atom. The van der Waals surface area contributed by atoms with Crippen LogP contribution in [0.15, 0.2) is 54.6 Å². The second-order valence-electron chi connectivity index (χ2n) is 10.0. The zero-order valence-electron chi connectivity index (χ0n) is 18.4. The maximum atomic E-state index is 13.6. The fourth-order valence-electron chi connectivity index (χ4n) is 6.36. The second-order valence-corrected chi connectivity index (χ2v) is 10.0. The van der Waals surface area contributed by atoms with Crippen molar-refractivity contribution in [3.63, 3.8) is 0 Å². The minimum absolute atomic E-state index is 0.0198. The lowest BCUT2D eigenvalue weighted by atomic mass is 9.69. The number of fused-ring (bicyclic) bond motifs is 4. The van der Waals surface area contributed by atoms with E-state index in [1.165, 1.54) is 12.8 Å². The largest absolute Gasteiger partial charge is 0.367 e.